The molecule has 3 rings (SSSR count). The third kappa shape index (κ3) is 5.55. The molecule has 0 saturated carbocycles. The van der Waals surface area contributed by atoms with E-state index in [1.807, 2.05) is 20.8 Å². The number of aromatic hydroxyl groups is 1. The molecule has 0 unspecified atom stereocenters. The SMILES string of the molecule is Cc1c(C)c2c(c(C)c1O)CC[C@@](C)(CCCCCCOCc1c(F)c(F)c(N=[N+]=[N-])c(F)c1F)O2. The van der Waals surface area contributed by atoms with Crippen molar-refractivity contribution in [1.82, 2.24) is 0 Å². The van der Waals surface area contributed by atoms with Crippen LogP contribution in [0.4, 0.5) is 23.2 Å². The number of phenolic OH excluding ortho intramolecular Hbond substituents is 1. The highest BCUT2D eigenvalue weighted by molar-refractivity contribution is 5.58. The first-order valence-corrected chi connectivity index (χ1v) is 12.0. The van der Waals surface area contributed by atoms with Gasteiger partial charge in [0.1, 0.15) is 22.8 Å². The van der Waals surface area contributed by atoms with E-state index in [-0.39, 0.29) is 12.2 Å². The van der Waals surface area contributed by atoms with Crippen LogP contribution >= 0.6 is 0 Å². The number of phenols is 1. The number of unbranched alkanes of at least 4 members (excludes halogenated alkanes) is 3. The molecule has 0 radical (unpaired) electrons. The van der Waals surface area contributed by atoms with Gasteiger partial charge in [-0.05, 0) is 82.0 Å². The van der Waals surface area contributed by atoms with Crippen molar-refractivity contribution in [3.8, 4) is 11.5 Å². The van der Waals surface area contributed by atoms with Gasteiger partial charge in [0.05, 0.1) is 12.2 Å². The van der Waals surface area contributed by atoms with Crippen molar-refractivity contribution in [2.75, 3.05) is 6.61 Å². The molecule has 0 amide bonds. The minimum atomic E-state index is -1.75. The van der Waals surface area contributed by atoms with Crippen LogP contribution in [-0.4, -0.2) is 17.3 Å². The van der Waals surface area contributed by atoms with E-state index in [4.69, 9.17) is 15.0 Å². The molecule has 1 N–H and O–H groups in total. The van der Waals surface area contributed by atoms with E-state index in [0.717, 1.165) is 66.5 Å². The minimum Gasteiger partial charge on any atom is -0.507 e. The molecule has 10 heteroatoms. The molecule has 196 valence electrons. The van der Waals surface area contributed by atoms with Crippen molar-refractivity contribution >= 4 is 5.69 Å². The normalized spacial score (nSPS) is 16.9. The summed E-state index contributed by atoms with van der Waals surface area (Å²) in [4.78, 5) is 2.17. The summed E-state index contributed by atoms with van der Waals surface area (Å²) < 4.78 is 67.4. The molecule has 0 bridgehead atoms. The molecule has 1 aliphatic heterocycles. The predicted octanol–water partition coefficient (Wildman–Crippen LogP) is 8.07. The summed E-state index contributed by atoms with van der Waals surface area (Å²) in [6.45, 7) is 7.41. The first-order chi connectivity index (χ1) is 17.0. The second kappa shape index (κ2) is 11.4. The number of rotatable bonds is 10. The van der Waals surface area contributed by atoms with Crippen LogP contribution in [0.3, 0.4) is 0 Å². The third-order valence-electron chi connectivity index (χ3n) is 7.06. The smallest absolute Gasteiger partial charge is 0.171 e. The molecule has 0 aliphatic carbocycles. The van der Waals surface area contributed by atoms with E-state index < -0.39 is 41.1 Å². The van der Waals surface area contributed by atoms with Crippen LogP contribution in [0.5, 0.6) is 11.5 Å². The van der Waals surface area contributed by atoms with Crippen LogP contribution in [0.2, 0.25) is 0 Å². The lowest BCUT2D eigenvalue weighted by Gasteiger charge is -2.38. The van der Waals surface area contributed by atoms with Crippen molar-refractivity contribution in [2.45, 2.75) is 84.8 Å². The lowest BCUT2D eigenvalue weighted by Crippen LogP contribution is -2.37. The Morgan fingerprint density at radius 1 is 0.972 bits per heavy atom. The highest BCUT2D eigenvalue weighted by Gasteiger charge is 2.34. The summed E-state index contributed by atoms with van der Waals surface area (Å²) in [5, 5.41) is 13.0. The molecular formula is C26H31F4N3O3. The van der Waals surface area contributed by atoms with E-state index in [1.165, 1.54) is 0 Å². The van der Waals surface area contributed by atoms with E-state index in [0.29, 0.717) is 12.2 Å². The van der Waals surface area contributed by atoms with Crippen LogP contribution in [0, 0.1) is 44.0 Å². The maximum Gasteiger partial charge on any atom is 0.171 e. The second-order valence-corrected chi connectivity index (χ2v) is 9.57. The van der Waals surface area contributed by atoms with Crippen LogP contribution < -0.4 is 4.74 Å². The number of hydrogen-bond acceptors (Lipinski definition) is 4. The van der Waals surface area contributed by atoms with E-state index in [1.54, 1.807) is 0 Å². The molecule has 2 aromatic rings. The Kier molecular flexibility index (Phi) is 8.74. The van der Waals surface area contributed by atoms with Crippen LogP contribution in [-0.2, 0) is 17.8 Å². The lowest BCUT2D eigenvalue weighted by atomic mass is 9.84. The zero-order valence-corrected chi connectivity index (χ0v) is 21.0. The van der Waals surface area contributed by atoms with Crippen molar-refractivity contribution in [1.29, 1.82) is 0 Å². The summed E-state index contributed by atoms with van der Waals surface area (Å²) in [5.74, 6) is -5.53. The summed E-state index contributed by atoms with van der Waals surface area (Å²) in [5.41, 5.74) is 9.54. The quantitative estimate of drug-likeness (QED) is 0.0877. The third-order valence-corrected chi connectivity index (χ3v) is 7.06. The van der Waals surface area contributed by atoms with E-state index in [9.17, 15) is 22.7 Å². The van der Waals surface area contributed by atoms with Gasteiger partial charge < -0.3 is 14.6 Å². The molecule has 1 heterocycles. The van der Waals surface area contributed by atoms with Gasteiger partial charge in [-0.2, -0.15) is 0 Å². The summed E-state index contributed by atoms with van der Waals surface area (Å²) >= 11 is 0. The number of hydrogen-bond donors (Lipinski definition) is 1. The Morgan fingerprint density at radius 2 is 1.61 bits per heavy atom. The fourth-order valence-corrected chi connectivity index (χ4v) is 4.63. The van der Waals surface area contributed by atoms with E-state index >= 15 is 0 Å². The van der Waals surface area contributed by atoms with Gasteiger partial charge in [-0.3, -0.25) is 0 Å². The van der Waals surface area contributed by atoms with Crippen molar-refractivity contribution in [2.24, 2.45) is 5.11 Å². The molecule has 0 fully saturated rings. The molecule has 36 heavy (non-hydrogen) atoms. The Hall–Kier alpha value is -2.97. The highest BCUT2D eigenvalue weighted by atomic mass is 19.2. The van der Waals surface area contributed by atoms with Crippen molar-refractivity contribution in [3.63, 3.8) is 0 Å². The fourth-order valence-electron chi connectivity index (χ4n) is 4.63. The van der Waals surface area contributed by atoms with Gasteiger partial charge in [0.25, 0.3) is 0 Å². The average molecular weight is 510 g/mol. The highest BCUT2D eigenvalue weighted by Crippen LogP contribution is 2.44. The number of fused-ring (bicyclic) bond motifs is 1. The van der Waals surface area contributed by atoms with Gasteiger partial charge in [-0.1, -0.05) is 18.0 Å². The van der Waals surface area contributed by atoms with Gasteiger partial charge in [0, 0.05) is 17.1 Å². The van der Waals surface area contributed by atoms with Crippen molar-refractivity contribution in [3.05, 3.63) is 61.5 Å². The Balaban J connectivity index is 1.44. The zero-order chi connectivity index (χ0) is 26.6. The molecule has 6 nitrogen and oxygen atoms in total. The maximum absolute atomic E-state index is 14.0. The molecule has 1 aliphatic rings. The second-order valence-electron chi connectivity index (χ2n) is 9.57. The standard InChI is InChI=1S/C26H31F4N3O3/c1-14-15(2)25-17(16(3)24(14)34)9-11-26(4,36-25)10-7-5-6-8-12-35-13-18-19(27)21(29)23(32-33-31)22(30)20(18)28/h34H,5-13H2,1-4H3/t26-/m1/s1. The number of azide groups is 1. The Labute approximate surface area is 207 Å². The van der Waals surface area contributed by atoms with Gasteiger partial charge in [-0.25, -0.2) is 17.6 Å². The number of halogens is 4. The largest absolute Gasteiger partial charge is 0.507 e. The first kappa shape index (κ1) is 27.6. The molecular weight excluding hydrogens is 478 g/mol. The minimum absolute atomic E-state index is 0.169. The number of benzene rings is 2. The van der Waals surface area contributed by atoms with Crippen LogP contribution in [0.15, 0.2) is 5.11 Å². The lowest BCUT2D eigenvalue weighted by molar-refractivity contribution is 0.0518. The summed E-state index contributed by atoms with van der Waals surface area (Å²) in [7, 11) is 0. The number of nitrogens with zero attached hydrogens (tertiary/aromatic N) is 3. The molecule has 0 saturated heterocycles. The predicted molar refractivity (Wildman–Crippen MR) is 127 cm³/mol. The Morgan fingerprint density at radius 3 is 2.25 bits per heavy atom. The van der Waals surface area contributed by atoms with E-state index in [2.05, 4.69) is 16.9 Å². The van der Waals surface area contributed by atoms with Crippen LogP contribution in [0.25, 0.3) is 10.4 Å². The molecule has 0 aromatic heterocycles. The first-order valence-electron chi connectivity index (χ1n) is 12.0. The summed E-state index contributed by atoms with van der Waals surface area (Å²) in [6.07, 6.45) is 5.80. The monoisotopic (exact) mass is 509 g/mol. The summed E-state index contributed by atoms with van der Waals surface area (Å²) in [6, 6.07) is 0. The molecule has 1 atom stereocenters. The van der Waals surface area contributed by atoms with Gasteiger partial charge in [0.2, 0.25) is 0 Å². The average Bonchev–Trinajstić information content (AvgIpc) is 2.86. The number of ether oxygens (including phenoxy) is 2. The fraction of sp³-hybridized carbons (Fsp3) is 0.538. The van der Waals surface area contributed by atoms with Gasteiger partial charge in [-0.15, -0.1) is 0 Å². The van der Waals surface area contributed by atoms with Crippen LogP contribution in [0.1, 0.15) is 73.3 Å². The van der Waals surface area contributed by atoms with Gasteiger partial charge in [0.15, 0.2) is 23.3 Å². The van der Waals surface area contributed by atoms with Crippen molar-refractivity contribution < 1.29 is 32.1 Å². The molecule has 2 aromatic carbocycles. The molecule has 0 spiro atoms. The Bertz CT molecular complexity index is 1170. The zero-order valence-electron chi connectivity index (χ0n) is 21.0. The topological polar surface area (TPSA) is 87.5 Å². The van der Waals surface area contributed by atoms with Gasteiger partial charge >= 0.3 is 0 Å². The maximum atomic E-state index is 14.0.